The lowest BCUT2D eigenvalue weighted by Crippen LogP contribution is -2.39. The van der Waals surface area contributed by atoms with Crippen LogP contribution in [0.25, 0.3) is 11.0 Å². The molecule has 1 unspecified atom stereocenters. The number of aliphatic hydroxyl groups excluding tert-OH is 1. The average molecular weight is 248 g/mol. The summed E-state index contributed by atoms with van der Waals surface area (Å²) < 4.78 is 10.9. The van der Waals surface area contributed by atoms with Gasteiger partial charge in [0.2, 0.25) is 0 Å². The van der Waals surface area contributed by atoms with Gasteiger partial charge in [0, 0.05) is 6.54 Å². The molecule has 0 saturated heterocycles. The molecule has 3 rings (SSSR count). The number of ether oxygens (including phenoxy) is 1. The number of anilines is 1. The Kier molecular flexibility index (Phi) is 2.83. The molecule has 0 bridgehead atoms. The van der Waals surface area contributed by atoms with E-state index in [1.165, 1.54) is 0 Å². The van der Waals surface area contributed by atoms with Crippen LogP contribution in [0.1, 0.15) is 19.8 Å². The van der Waals surface area contributed by atoms with Crippen molar-refractivity contribution < 1.29 is 14.4 Å². The number of rotatable bonds is 3. The molecule has 1 aliphatic heterocycles. The Morgan fingerprint density at radius 2 is 2.39 bits per heavy atom. The summed E-state index contributed by atoms with van der Waals surface area (Å²) in [6.45, 7) is 3.11. The lowest BCUT2D eigenvalue weighted by Gasteiger charge is -2.25. The van der Waals surface area contributed by atoms with Crippen LogP contribution in [0.5, 0.6) is 5.75 Å². The predicted octanol–water partition coefficient (Wildman–Crippen LogP) is 2.15. The molecule has 0 aliphatic carbocycles. The minimum absolute atomic E-state index is 0.249. The summed E-state index contributed by atoms with van der Waals surface area (Å²) in [6, 6.07) is 5.59. The number of nitrogens with zero attached hydrogens (tertiary/aromatic N) is 2. The number of aromatic nitrogens is 1. The van der Waals surface area contributed by atoms with Crippen molar-refractivity contribution in [1.29, 1.82) is 0 Å². The van der Waals surface area contributed by atoms with E-state index in [1.807, 2.05) is 23.1 Å². The molecular formula is C13H16N2O3. The van der Waals surface area contributed by atoms with E-state index in [9.17, 15) is 5.11 Å². The van der Waals surface area contributed by atoms with Crippen molar-refractivity contribution in [1.82, 2.24) is 5.16 Å². The Hall–Kier alpha value is -1.75. The standard InChI is InChI=1S/C13H16N2O3/c1-2-3-7-15-11(16)8-17-9-5-4-6-10-12(9)13(15)14-18-10/h4-6,11,16H,2-3,7-8H2,1H3. The maximum Gasteiger partial charge on any atom is 0.185 e. The smallest absolute Gasteiger partial charge is 0.185 e. The van der Waals surface area contributed by atoms with Crippen LogP contribution in [0, 0.1) is 0 Å². The zero-order valence-corrected chi connectivity index (χ0v) is 10.3. The summed E-state index contributed by atoms with van der Waals surface area (Å²) in [7, 11) is 0. The second kappa shape index (κ2) is 4.49. The van der Waals surface area contributed by atoms with Gasteiger partial charge in [-0.1, -0.05) is 24.6 Å². The van der Waals surface area contributed by atoms with Crippen molar-refractivity contribution in [2.45, 2.75) is 26.0 Å². The Labute approximate surface area is 105 Å². The first-order chi connectivity index (χ1) is 8.81. The zero-order chi connectivity index (χ0) is 12.5. The average Bonchev–Trinajstić information content (AvgIpc) is 2.75. The van der Waals surface area contributed by atoms with E-state index in [-0.39, 0.29) is 6.61 Å². The van der Waals surface area contributed by atoms with Crippen molar-refractivity contribution >= 4 is 16.8 Å². The lowest BCUT2D eigenvalue weighted by molar-refractivity contribution is 0.105. The molecule has 2 aromatic rings. The Balaban J connectivity index is 2.09. The van der Waals surface area contributed by atoms with Crippen LogP contribution in [0.2, 0.25) is 0 Å². The fourth-order valence-electron chi connectivity index (χ4n) is 2.24. The van der Waals surface area contributed by atoms with Crippen molar-refractivity contribution in [3.63, 3.8) is 0 Å². The summed E-state index contributed by atoms with van der Waals surface area (Å²) in [6.07, 6.45) is 1.37. The summed E-state index contributed by atoms with van der Waals surface area (Å²) >= 11 is 0. The molecule has 18 heavy (non-hydrogen) atoms. The van der Waals surface area contributed by atoms with Gasteiger partial charge in [-0.3, -0.25) is 0 Å². The van der Waals surface area contributed by atoms with Crippen LogP contribution >= 0.6 is 0 Å². The van der Waals surface area contributed by atoms with E-state index in [2.05, 4.69) is 12.1 Å². The zero-order valence-electron chi connectivity index (χ0n) is 10.3. The molecule has 1 N–H and O–H groups in total. The highest BCUT2D eigenvalue weighted by molar-refractivity contribution is 5.94. The highest BCUT2D eigenvalue weighted by Crippen LogP contribution is 2.37. The quantitative estimate of drug-likeness (QED) is 0.901. The minimum atomic E-state index is -0.683. The first-order valence-electron chi connectivity index (χ1n) is 6.27. The van der Waals surface area contributed by atoms with Crippen LogP contribution in [0.15, 0.2) is 22.7 Å². The maximum absolute atomic E-state index is 10.1. The number of aliphatic hydroxyl groups is 1. The third kappa shape index (κ3) is 1.71. The van der Waals surface area contributed by atoms with Gasteiger partial charge in [-0.15, -0.1) is 0 Å². The SMILES string of the molecule is CCCCN1c2noc3cccc(c23)OCC1O. The summed E-state index contributed by atoms with van der Waals surface area (Å²) in [4.78, 5) is 1.85. The fourth-order valence-corrected chi connectivity index (χ4v) is 2.24. The summed E-state index contributed by atoms with van der Waals surface area (Å²) in [5, 5.41) is 15.1. The number of benzene rings is 1. The molecular weight excluding hydrogens is 232 g/mol. The molecule has 2 heterocycles. The highest BCUT2D eigenvalue weighted by atomic mass is 16.5. The third-order valence-electron chi connectivity index (χ3n) is 3.21. The molecule has 0 spiro atoms. The molecule has 1 aliphatic rings. The molecule has 1 aromatic carbocycles. The molecule has 0 radical (unpaired) electrons. The molecule has 0 amide bonds. The highest BCUT2D eigenvalue weighted by Gasteiger charge is 2.27. The predicted molar refractivity (Wildman–Crippen MR) is 67.8 cm³/mol. The third-order valence-corrected chi connectivity index (χ3v) is 3.21. The van der Waals surface area contributed by atoms with Gasteiger partial charge in [-0.05, 0) is 18.6 Å². The largest absolute Gasteiger partial charge is 0.488 e. The molecule has 1 aromatic heterocycles. The Morgan fingerprint density at radius 3 is 3.22 bits per heavy atom. The normalized spacial score (nSPS) is 18.8. The van der Waals surface area contributed by atoms with Gasteiger partial charge in [0.1, 0.15) is 17.7 Å². The van der Waals surface area contributed by atoms with Crippen LogP contribution in [-0.4, -0.2) is 29.6 Å². The molecule has 0 fully saturated rings. The van der Waals surface area contributed by atoms with Crippen LogP contribution < -0.4 is 9.64 Å². The van der Waals surface area contributed by atoms with E-state index in [4.69, 9.17) is 9.26 Å². The van der Waals surface area contributed by atoms with E-state index >= 15 is 0 Å². The van der Waals surface area contributed by atoms with Crippen molar-refractivity contribution in [3.8, 4) is 5.75 Å². The number of hydrogen-bond acceptors (Lipinski definition) is 5. The first-order valence-corrected chi connectivity index (χ1v) is 6.27. The topological polar surface area (TPSA) is 58.7 Å². The molecule has 5 nitrogen and oxygen atoms in total. The lowest BCUT2D eigenvalue weighted by atomic mass is 10.2. The second-order valence-corrected chi connectivity index (χ2v) is 4.47. The van der Waals surface area contributed by atoms with Gasteiger partial charge >= 0.3 is 0 Å². The van der Waals surface area contributed by atoms with Crippen molar-refractivity contribution in [3.05, 3.63) is 18.2 Å². The van der Waals surface area contributed by atoms with E-state index in [0.29, 0.717) is 11.4 Å². The van der Waals surface area contributed by atoms with E-state index in [1.54, 1.807) is 0 Å². The van der Waals surface area contributed by atoms with Gasteiger partial charge in [-0.25, -0.2) is 0 Å². The Bertz CT molecular complexity index is 552. The maximum atomic E-state index is 10.1. The van der Waals surface area contributed by atoms with Gasteiger partial charge in [-0.2, -0.15) is 0 Å². The molecule has 96 valence electrons. The number of unbranched alkanes of at least 4 members (excludes halogenated alkanes) is 1. The molecule has 1 atom stereocenters. The monoisotopic (exact) mass is 248 g/mol. The Morgan fingerprint density at radius 1 is 1.50 bits per heavy atom. The van der Waals surface area contributed by atoms with Crippen molar-refractivity contribution in [2.24, 2.45) is 0 Å². The minimum Gasteiger partial charge on any atom is -0.488 e. The van der Waals surface area contributed by atoms with E-state index in [0.717, 1.165) is 30.5 Å². The number of hydrogen-bond donors (Lipinski definition) is 1. The van der Waals surface area contributed by atoms with Crippen LogP contribution in [0.4, 0.5) is 5.82 Å². The summed E-state index contributed by atoms with van der Waals surface area (Å²) in [5.74, 6) is 1.40. The second-order valence-electron chi connectivity index (χ2n) is 4.47. The van der Waals surface area contributed by atoms with Gasteiger partial charge in [0.25, 0.3) is 0 Å². The van der Waals surface area contributed by atoms with Crippen LogP contribution in [0.3, 0.4) is 0 Å². The van der Waals surface area contributed by atoms with E-state index < -0.39 is 6.23 Å². The first kappa shape index (κ1) is 11.3. The summed E-state index contributed by atoms with van der Waals surface area (Å²) in [5.41, 5.74) is 0.693. The van der Waals surface area contributed by atoms with Crippen molar-refractivity contribution in [2.75, 3.05) is 18.1 Å². The van der Waals surface area contributed by atoms with Gasteiger partial charge in [0.15, 0.2) is 17.6 Å². The van der Waals surface area contributed by atoms with Crippen LogP contribution in [-0.2, 0) is 0 Å². The van der Waals surface area contributed by atoms with Gasteiger partial charge < -0.3 is 19.3 Å². The molecule has 5 heteroatoms. The molecule has 0 saturated carbocycles. The van der Waals surface area contributed by atoms with Gasteiger partial charge in [0.05, 0.1) is 0 Å². The fraction of sp³-hybridized carbons (Fsp3) is 0.462.